The first-order valence-corrected chi connectivity index (χ1v) is 8.82. The van der Waals surface area contributed by atoms with Crippen LogP contribution in [-0.2, 0) is 5.41 Å². The maximum atomic E-state index is 6.30. The normalized spacial score (nSPS) is 15.0. The van der Waals surface area contributed by atoms with Crippen LogP contribution in [0.4, 0.5) is 0 Å². The minimum Gasteiger partial charge on any atom is -0.543 e. The Hall–Kier alpha value is -2.45. The molecule has 0 aliphatic carbocycles. The second kappa shape index (κ2) is 4.80. The summed E-state index contributed by atoms with van der Waals surface area (Å²) in [5.74, 6) is 1.86. The third-order valence-corrected chi connectivity index (χ3v) is 5.55. The van der Waals surface area contributed by atoms with Crippen LogP contribution in [0.15, 0.2) is 52.9 Å². The lowest BCUT2D eigenvalue weighted by Crippen LogP contribution is -2.24. The van der Waals surface area contributed by atoms with Gasteiger partial charge in [-0.2, -0.15) is 0 Å². The molecule has 0 radical (unpaired) electrons. The number of fused-ring (bicyclic) bond motifs is 6. The van der Waals surface area contributed by atoms with Gasteiger partial charge in [-0.3, -0.25) is 0 Å². The van der Waals surface area contributed by atoms with Crippen LogP contribution < -0.4 is 0 Å². The van der Waals surface area contributed by atoms with Gasteiger partial charge in [-0.1, -0.05) is 43.6 Å². The minimum atomic E-state index is -0.158. The summed E-state index contributed by atoms with van der Waals surface area (Å²) in [5, 5.41) is 2.95. The van der Waals surface area contributed by atoms with Gasteiger partial charge in [0.15, 0.2) is 0 Å². The number of hydrogen-bond acceptors (Lipinski definition) is 1. The Balaban J connectivity index is 1.88. The molecule has 124 valence electrons. The number of ether oxygens (including phenoxy) is 1. The Labute approximate surface area is 151 Å². The third-order valence-electron chi connectivity index (χ3n) is 5.33. The second-order valence-corrected chi connectivity index (χ2v) is 7.73. The van der Waals surface area contributed by atoms with Crippen LogP contribution in [0, 0.1) is 6.92 Å². The van der Waals surface area contributed by atoms with Crippen molar-refractivity contribution in [1.29, 1.82) is 0 Å². The molecule has 0 atom stereocenters. The van der Waals surface area contributed by atoms with Gasteiger partial charge in [0.2, 0.25) is 5.58 Å². The maximum absolute atomic E-state index is 6.30. The van der Waals surface area contributed by atoms with Crippen LogP contribution >= 0.6 is 11.6 Å². The Morgan fingerprint density at radius 3 is 2.64 bits per heavy atom. The highest BCUT2D eigenvalue weighted by atomic mass is 35.5. The lowest BCUT2D eigenvalue weighted by molar-refractivity contribution is 0.176. The number of benzene rings is 3. The first-order valence-electron chi connectivity index (χ1n) is 8.44. The topological polar surface area (TPSA) is 25.9 Å². The van der Waals surface area contributed by atoms with Crippen molar-refractivity contribution >= 4 is 33.5 Å². The van der Waals surface area contributed by atoms with Crippen molar-refractivity contribution in [1.82, 2.24) is 0 Å². The van der Waals surface area contributed by atoms with Gasteiger partial charge in [-0.25, -0.2) is 0 Å². The summed E-state index contributed by atoms with van der Waals surface area (Å²) in [6, 6.07) is 16.5. The molecule has 2 nitrogen and oxygen atoms in total. The molecule has 0 bridgehead atoms. The van der Waals surface area contributed by atoms with E-state index in [1.807, 2.05) is 30.3 Å². The van der Waals surface area contributed by atoms with Crippen LogP contribution in [0.5, 0.6) is 11.5 Å². The van der Waals surface area contributed by atoms with E-state index >= 15 is 0 Å². The minimum absolute atomic E-state index is 0.158. The van der Waals surface area contributed by atoms with Gasteiger partial charge >= 0.3 is 5.75 Å². The zero-order valence-corrected chi connectivity index (χ0v) is 15.1. The van der Waals surface area contributed by atoms with E-state index in [0.717, 1.165) is 38.5 Å². The number of furan rings is 1. The van der Waals surface area contributed by atoms with Crippen molar-refractivity contribution in [2.45, 2.75) is 26.2 Å². The van der Waals surface area contributed by atoms with E-state index in [-0.39, 0.29) is 5.41 Å². The summed E-state index contributed by atoms with van der Waals surface area (Å²) < 4.78 is 11.2. The van der Waals surface area contributed by atoms with E-state index in [0.29, 0.717) is 0 Å². The van der Waals surface area contributed by atoms with Gasteiger partial charge in [0.25, 0.3) is 5.75 Å². The number of rotatable bonds is 0. The molecule has 1 aromatic heterocycles. The summed E-state index contributed by atoms with van der Waals surface area (Å²) in [7, 11) is 0. The van der Waals surface area contributed by atoms with Crippen molar-refractivity contribution in [2.24, 2.45) is 0 Å². The highest BCUT2D eigenvalue weighted by molar-refractivity contribution is 6.30. The van der Waals surface area contributed by atoms with E-state index in [1.54, 1.807) is 0 Å². The molecule has 1 N–H and O–H groups in total. The number of hydrogen-bond donors (Lipinski definition) is 0. The van der Waals surface area contributed by atoms with Gasteiger partial charge in [-0.15, -0.1) is 0 Å². The molecular formula is C22H18ClO2+. The maximum Gasteiger partial charge on any atom is 0.309 e. The molecule has 3 heteroatoms. The van der Waals surface area contributed by atoms with Crippen LogP contribution in [0.3, 0.4) is 0 Å². The zero-order valence-electron chi connectivity index (χ0n) is 14.4. The monoisotopic (exact) mass is 349 g/mol. The second-order valence-electron chi connectivity index (χ2n) is 7.29. The van der Waals surface area contributed by atoms with Crippen molar-refractivity contribution in [2.75, 3.05) is 0 Å². The Morgan fingerprint density at radius 1 is 1.00 bits per heavy atom. The van der Waals surface area contributed by atoms with Crippen LogP contribution in [-0.4, -0.2) is 4.74 Å². The number of halogens is 1. The van der Waals surface area contributed by atoms with Gasteiger partial charge in [0, 0.05) is 21.2 Å². The van der Waals surface area contributed by atoms with E-state index in [2.05, 4.69) is 39.0 Å². The molecule has 1 aliphatic rings. The molecule has 0 amide bonds. The number of aromatic hydroxyl groups is 2. The van der Waals surface area contributed by atoms with Crippen molar-refractivity contribution in [3.05, 3.63) is 70.2 Å². The van der Waals surface area contributed by atoms with Crippen LogP contribution in [0.25, 0.3) is 21.9 Å². The summed E-state index contributed by atoms with van der Waals surface area (Å²) in [5.41, 5.74) is 5.19. The molecule has 4 aromatic rings. The Bertz CT molecular complexity index is 1170. The lowest BCUT2D eigenvalue weighted by atomic mass is 9.74. The van der Waals surface area contributed by atoms with Crippen molar-refractivity contribution in [3.8, 4) is 11.5 Å². The van der Waals surface area contributed by atoms with Crippen molar-refractivity contribution < 1.29 is 9.15 Å². The molecule has 0 spiro atoms. The largest absolute Gasteiger partial charge is 0.543 e. The van der Waals surface area contributed by atoms with Gasteiger partial charge in [0.05, 0.1) is 17.2 Å². The summed E-state index contributed by atoms with van der Waals surface area (Å²) in [4.78, 5) is 0. The molecule has 5 rings (SSSR count). The lowest BCUT2D eigenvalue weighted by Gasteiger charge is -2.32. The fourth-order valence-corrected chi connectivity index (χ4v) is 4.54. The molecule has 0 fully saturated rings. The fourth-order valence-electron chi connectivity index (χ4n) is 4.27. The van der Waals surface area contributed by atoms with Crippen LogP contribution in [0.2, 0.25) is 5.02 Å². The molecule has 0 saturated heterocycles. The van der Waals surface area contributed by atoms with E-state index in [4.69, 9.17) is 20.8 Å². The molecule has 25 heavy (non-hydrogen) atoms. The SMILES string of the molecule is Cc1cc(Cl)cc2c1C(C)(C)c1ccc3c(oc4ccccc43)c1[OH+]2. The molecule has 2 heterocycles. The van der Waals surface area contributed by atoms with Gasteiger partial charge in [0.1, 0.15) is 5.58 Å². The summed E-state index contributed by atoms with van der Waals surface area (Å²) in [6.07, 6.45) is 0. The smallest absolute Gasteiger partial charge is 0.309 e. The zero-order chi connectivity index (χ0) is 17.3. The summed E-state index contributed by atoms with van der Waals surface area (Å²) in [6.45, 7) is 6.59. The number of aryl methyl sites for hydroxylation is 1. The Morgan fingerprint density at radius 2 is 1.80 bits per heavy atom. The predicted molar refractivity (Wildman–Crippen MR) is 103 cm³/mol. The highest BCUT2D eigenvalue weighted by Crippen LogP contribution is 2.53. The van der Waals surface area contributed by atoms with Gasteiger partial charge in [-0.05, 0) is 36.8 Å². The average molecular weight is 350 g/mol. The molecule has 0 unspecified atom stereocenters. The molecule has 1 aliphatic heterocycles. The summed E-state index contributed by atoms with van der Waals surface area (Å²) >= 11 is 6.30. The predicted octanol–water partition coefficient (Wildman–Crippen LogP) is 6.84. The highest BCUT2D eigenvalue weighted by Gasteiger charge is 2.41. The van der Waals surface area contributed by atoms with E-state index in [9.17, 15) is 0 Å². The standard InChI is InChI=1S/C22H17ClO2/c1-12-10-13(23)11-18-19(12)22(2,3)16-9-8-15-14-6-4-5-7-17(14)24-20(15)21(16)25-18/h4-11H,1-3H3/p+1. The van der Waals surface area contributed by atoms with E-state index in [1.165, 1.54) is 16.7 Å². The van der Waals surface area contributed by atoms with Crippen molar-refractivity contribution in [3.63, 3.8) is 0 Å². The first-order chi connectivity index (χ1) is 12.0. The fraction of sp³-hybridized carbons (Fsp3) is 0.182. The van der Waals surface area contributed by atoms with Crippen LogP contribution in [0.1, 0.15) is 30.5 Å². The first kappa shape index (κ1) is 14.9. The quantitative estimate of drug-likeness (QED) is 0.319. The average Bonchev–Trinajstić information content (AvgIpc) is 2.93. The molecule has 0 saturated carbocycles. The molecular weight excluding hydrogens is 332 g/mol. The number of para-hydroxylation sites is 1. The third kappa shape index (κ3) is 1.92. The molecule has 3 aromatic carbocycles. The Kier molecular flexibility index (Phi) is 2.85. The van der Waals surface area contributed by atoms with E-state index < -0.39 is 0 Å². The van der Waals surface area contributed by atoms with Gasteiger partial charge < -0.3 is 9.15 Å².